The summed E-state index contributed by atoms with van der Waals surface area (Å²) in [6.45, 7) is 1.29. The molecule has 0 N–H and O–H groups in total. The highest BCUT2D eigenvalue weighted by Crippen LogP contribution is 2.44. The topological polar surface area (TPSA) is 109 Å². The van der Waals surface area contributed by atoms with Crippen molar-refractivity contribution in [1.29, 1.82) is 0 Å². The first kappa shape index (κ1) is 31.1. The Morgan fingerprint density at radius 1 is 1.07 bits per heavy atom. The van der Waals surface area contributed by atoms with Crippen LogP contribution in [0.15, 0.2) is 66.1 Å². The number of sulfonamides is 1. The summed E-state index contributed by atoms with van der Waals surface area (Å²) in [5, 5.41) is 4.14. The van der Waals surface area contributed by atoms with Gasteiger partial charge in [0, 0.05) is 61.6 Å². The van der Waals surface area contributed by atoms with Gasteiger partial charge in [-0.1, -0.05) is 0 Å². The number of aryl methyl sites for hydroxylation is 2. The van der Waals surface area contributed by atoms with Crippen LogP contribution in [0.2, 0.25) is 0 Å². The maximum absolute atomic E-state index is 16.3. The number of aromatic nitrogens is 4. The van der Waals surface area contributed by atoms with Crippen molar-refractivity contribution in [3.63, 3.8) is 0 Å². The Hall–Kier alpha value is -4.33. The lowest BCUT2D eigenvalue weighted by molar-refractivity contribution is -0.0787. The number of anilines is 1. The Morgan fingerprint density at radius 2 is 1.86 bits per heavy atom. The molecule has 2 atom stereocenters. The monoisotopic (exact) mass is 631 g/mol. The van der Waals surface area contributed by atoms with Gasteiger partial charge in [0.25, 0.3) is 15.9 Å². The third-order valence-corrected chi connectivity index (χ3v) is 9.38. The maximum atomic E-state index is 16.3. The fourth-order valence-corrected chi connectivity index (χ4v) is 6.98. The molecule has 0 amide bonds. The number of ether oxygens (including phenoxy) is 3. The molecule has 5 rings (SSSR count). The molecule has 1 fully saturated rings. The van der Waals surface area contributed by atoms with Gasteiger partial charge < -0.3 is 14.2 Å². The van der Waals surface area contributed by atoms with Crippen LogP contribution in [0.1, 0.15) is 42.0 Å². The van der Waals surface area contributed by atoms with Crippen LogP contribution in [0.25, 0.3) is 0 Å². The zero-order chi connectivity index (χ0) is 31.6. The lowest BCUT2D eigenvalue weighted by Crippen LogP contribution is -2.39. The first-order valence-electron chi connectivity index (χ1n) is 13.8. The van der Waals surface area contributed by atoms with E-state index >= 15 is 4.39 Å². The predicted octanol–water partition coefficient (Wildman–Crippen LogP) is 5.42. The molecular formula is C30H32F3N5O5S. The molecule has 0 radical (unpaired) electrons. The average Bonchev–Trinajstić information content (AvgIpc) is 3.42. The van der Waals surface area contributed by atoms with Crippen LogP contribution >= 0.6 is 0 Å². The third kappa shape index (κ3) is 6.30. The smallest absolute Gasteiger partial charge is 0.268 e. The molecule has 44 heavy (non-hydrogen) atoms. The van der Waals surface area contributed by atoms with E-state index in [4.69, 9.17) is 14.2 Å². The van der Waals surface area contributed by atoms with Crippen molar-refractivity contribution in [2.24, 2.45) is 7.05 Å². The molecule has 4 aromatic rings. The summed E-state index contributed by atoms with van der Waals surface area (Å²) in [7, 11) is -0.0502. The number of benzene rings is 2. The second-order valence-corrected chi connectivity index (χ2v) is 12.4. The van der Waals surface area contributed by atoms with E-state index in [2.05, 4.69) is 15.1 Å². The van der Waals surface area contributed by atoms with Crippen LogP contribution < -0.4 is 18.5 Å². The van der Waals surface area contributed by atoms with Crippen LogP contribution in [-0.2, 0) is 23.6 Å². The molecule has 0 saturated heterocycles. The van der Waals surface area contributed by atoms with E-state index in [0.29, 0.717) is 28.3 Å². The number of methoxy groups -OCH3 is 2. The molecule has 1 aliphatic carbocycles. The van der Waals surface area contributed by atoms with E-state index < -0.39 is 50.9 Å². The highest BCUT2D eigenvalue weighted by atomic mass is 32.2. The molecule has 10 nitrogen and oxygen atoms in total. The van der Waals surface area contributed by atoms with E-state index in [1.54, 1.807) is 49.1 Å². The minimum absolute atomic E-state index is 0.0237. The van der Waals surface area contributed by atoms with E-state index in [-0.39, 0.29) is 25.2 Å². The van der Waals surface area contributed by atoms with Crippen molar-refractivity contribution < 1.29 is 35.8 Å². The number of hydrogen-bond donors (Lipinski definition) is 0. The molecule has 1 aliphatic rings. The molecule has 0 aliphatic heterocycles. The number of nitrogens with zero attached hydrogens (tertiary/aromatic N) is 5. The van der Waals surface area contributed by atoms with Crippen LogP contribution in [0.5, 0.6) is 17.2 Å². The van der Waals surface area contributed by atoms with Crippen molar-refractivity contribution in [3.8, 4) is 17.2 Å². The summed E-state index contributed by atoms with van der Waals surface area (Å²) < 4.78 is 93.2. The van der Waals surface area contributed by atoms with Crippen LogP contribution in [-0.4, -0.2) is 54.4 Å². The molecule has 0 spiro atoms. The first-order chi connectivity index (χ1) is 20.9. The quantitative estimate of drug-likeness (QED) is 0.228. The van der Waals surface area contributed by atoms with Crippen molar-refractivity contribution >= 4 is 15.8 Å². The highest BCUT2D eigenvalue weighted by molar-refractivity contribution is 7.92. The van der Waals surface area contributed by atoms with Gasteiger partial charge in [-0.3, -0.25) is 4.68 Å². The minimum Gasteiger partial charge on any atom is -0.497 e. The lowest BCUT2D eigenvalue weighted by Gasteiger charge is -2.36. The molecule has 2 aromatic heterocycles. The van der Waals surface area contributed by atoms with Gasteiger partial charge in [-0.25, -0.2) is 35.9 Å². The fourth-order valence-electron chi connectivity index (χ4n) is 5.42. The molecule has 2 heterocycles. The van der Waals surface area contributed by atoms with Crippen LogP contribution in [0, 0.1) is 12.7 Å². The van der Waals surface area contributed by atoms with Gasteiger partial charge >= 0.3 is 0 Å². The summed E-state index contributed by atoms with van der Waals surface area (Å²) in [6.07, 6.45) is 2.01. The van der Waals surface area contributed by atoms with Crippen molar-refractivity contribution in [2.75, 3.05) is 18.5 Å². The molecule has 14 heteroatoms. The van der Waals surface area contributed by atoms with E-state index in [9.17, 15) is 17.2 Å². The summed E-state index contributed by atoms with van der Waals surface area (Å²) >= 11 is 0. The van der Waals surface area contributed by atoms with Crippen LogP contribution in [0.4, 0.5) is 19.0 Å². The Bertz CT molecular complexity index is 1740. The lowest BCUT2D eigenvalue weighted by atomic mass is 9.82. The van der Waals surface area contributed by atoms with Gasteiger partial charge in [0.1, 0.15) is 34.6 Å². The third-order valence-electron chi connectivity index (χ3n) is 7.64. The summed E-state index contributed by atoms with van der Waals surface area (Å²) in [5.74, 6) is -4.38. The Balaban J connectivity index is 1.56. The predicted molar refractivity (Wildman–Crippen MR) is 155 cm³/mol. The second kappa shape index (κ2) is 12.3. The first-order valence-corrected chi connectivity index (χ1v) is 15.2. The van der Waals surface area contributed by atoms with Gasteiger partial charge in [-0.15, -0.1) is 0 Å². The van der Waals surface area contributed by atoms with Gasteiger partial charge in [-0.05, 0) is 49.2 Å². The second-order valence-electron chi connectivity index (χ2n) is 10.6. The largest absolute Gasteiger partial charge is 0.497 e. The van der Waals surface area contributed by atoms with Crippen molar-refractivity contribution in [3.05, 3.63) is 83.8 Å². The highest BCUT2D eigenvalue weighted by Gasteiger charge is 2.45. The van der Waals surface area contributed by atoms with Gasteiger partial charge in [-0.2, -0.15) is 5.10 Å². The Labute approximate surface area is 253 Å². The number of halogens is 3. The number of rotatable bonds is 10. The molecule has 234 valence electrons. The minimum atomic E-state index is -4.66. The maximum Gasteiger partial charge on any atom is 0.268 e. The number of alkyl halides is 2. The van der Waals surface area contributed by atoms with E-state index in [1.807, 2.05) is 0 Å². The Morgan fingerprint density at radius 3 is 2.52 bits per heavy atom. The SMILES string of the molecule is COc1ccc(CN(c2ccncn2)S(=O)(=O)c2cc(C)cc(O[C@H]3CC(F)(F)CC[C@@H]3c3ccnn3C)c2F)c(OC)c1. The van der Waals surface area contributed by atoms with Gasteiger partial charge in [0.2, 0.25) is 0 Å². The van der Waals surface area contributed by atoms with Gasteiger partial charge in [0.05, 0.1) is 20.8 Å². The van der Waals surface area contributed by atoms with Crippen molar-refractivity contribution in [2.45, 2.75) is 55.6 Å². The molecule has 0 bridgehead atoms. The van der Waals surface area contributed by atoms with Gasteiger partial charge in [0.15, 0.2) is 11.6 Å². The summed E-state index contributed by atoms with van der Waals surface area (Å²) in [6, 6.07) is 10.4. The fraction of sp³-hybridized carbons (Fsp3) is 0.367. The van der Waals surface area contributed by atoms with E-state index in [0.717, 1.165) is 4.31 Å². The summed E-state index contributed by atoms with van der Waals surface area (Å²) in [4.78, 5) is 7.28. The Kier molecular flexibility index (Phi) is 8.73. The molecular weight excluding hydrogens is 599 g/mol. The van der Waals surface area contributed by atoms with Crippen LogP contribution in [0.3, 0.4) is 0 Å². The molecule has 1 saturated carbocycles. The molecule has 2 aromatic carbocycles. The zero-order valence-corrected chi connectivity index (χ0v) is 25.4. The standard InChI is InChI=1S/C30H32F3N5O5S/c1-19-13-25(43-26-16-30(32,33)10-7-22(26)23-8-12-36-37(23)2)29(31)27(14-19)44(39,40)38(28-9-11-34-18-35-28)17-20-5-6-21(41-3)15-24(20)42-4/h5-6,8-9,11-15,18,22,26H,7,10,16-17H2,1-4H3/t22-,26+/m1/s1. The molecule has 0 unspecified atom stereocenters. The normalized spacial score (nSPS) is 18.1. The van der Waals surface area contributed by atoms with Crippen molar-refractivity contribution in [1.82, 2.24) is 19.7 Å². The number of hydrogen-bond acceptors (Lipinski definition) is 8. The van der Waals surface area contributed by atoms with E-state index in [1.165, 1.54) is 44.9 Å². The summed E-state index contributed by atoms with van der Waals surface area (Å²) in [5.41, 5.74) is 1.46. The average molecular weight is 632 g/mol. The zero-order valence-electron chi connectivity index (χ0n) is 24.6.